The number of anilines is 2. The number of hydrogen-bond donors (Lipinski definition) is 3. The normalized spacial score (nSPS) is 24.4. The van der Waals surface area contributed by atoms with Gasteiger partial charge in [0.1, 0.15) is 5.82 Å². The van der Waals surface area contributed by atoms with Gasteiger partial charge in [-0.15, -0.1) is 0 Å². The Bertz CT molecular complexity index is 383. The van der Waals surface area contributed by atoms with Gasteiger partial charge in [-0.25, -0.2) is 4.98 Å². The molecule has 1 heterocycles. The summed E-state index contributed by atoms with van der Waals surface area (Å²) in [6.07, 6.45) is 5.68. The summed E-state index contributed by atoms with van der Waals surface area (Å²) in [4.78, 5) is 8.52. The molecule has 17 heavy (non-hydrogen) atoms. The number of aliphatic hydroxyl groups excluding tert-OH is 1. The molecule has 1 saturated carbocycles. The zero-order valence-electron chi connectivity index (χ0n) is 10.4. The van der Waals surface area contributed by atoms with Crippen LogP contribution in [0.5, 0.6) is 0 Å². The van der Waals surface area contributed by atoms with Crippen molar-refractivity contribution in [3.05, 3.63) is 11.8 Å². The maximum absolute atomic E-state index is 9.93. The second-order valence-electron chi connectivity index (χ2n) is 4.58. The maximum Gasteiger partial charge on any atom is 0.224 e. The van der Waals surface area contributed by atoms with E-state index < -0.39 is 0 Å². The summed E-state index contributed by atoms with van der Waals surface area (Å²) in [6, 6.07) is 0.113. The number of aliphatic hydroxyl groups is 1. The van der Waals surface area contributed by atoms with E-state index in [1.54, 1.807) is 13.2 Å². The number of nitrogens with one attached hydrogen (secondary N) is 2. The Labute approximate surface area is 102 Å². The SMILES string of the molecule is CNc1ncc(C)c(NC2CCCCC2O)n1. The fraction of sp³-hybridized carbons (Fsp3) is 0.667. The lowest BCUT2D eigenvalue weighted by molar-refractivity contribution is 0.116. The topological polar surface area (TPSA) is 70.1 Å². The van der Waals surface area contributed by atoms with Crippen molar-refractivity contribution in [1.82, 2.24) is 9.97 Å². The van der Waals surface area contributed by atoms with Crippen LogP contribution < -0.4 is 10.6 Å². The van der Waals surface area contributed by atoms with E-state index in [0.29, 0.717) is 5.95 Å². The first-order chi connectivity index (χ1) is 8.20. The Morgan fingerprint density at radius 3 is 2.82 bits per heavy atom. The van der Waals surface area contributed by atoms with Crippen molar-refractivity contribution in [2.45, 2.75) is 44.8 Å². The van der Waals surface area contributed by atoms with Gasteiger partial charge in [-0.05, 0) is 19.8 Å². The van der Waals surface area contributed by atoms with Gasteiger partial charge in [-0.3, -0.25) is 0 Å². The molecular formula is C12H20N4O. The van der Waals surface area contributed by atoms with E-state index in [1.165, 1.54) is 0 Å². The third-order valence-electron chi connectivity index (χ3n) is 3.25. The van der Waals surface area contributed by atoms with Crippen molar-refractivity contribution in [1.29, 1.82) is 0 Å². The molecule has 0 radical (unpaired) electrons. The minimum Gasteiger partial charge on any atom is -0.391 e. The first-order valence-corrected chi connectivity index (χ1v) is 6.16. The van der Waals surface area contributed by atoms with Gasteiger partial charge in [0, 0.05) is 18.8 Å². The summed E-state index contributed by atoms with van der Waals surface area (Å²) >= 11 is 0. The predicted octanol–water partition coefficient (Wildman–Crippen LogP) is 1.54. The minimum atomic E-state index is -0.267. The summed E-state index contributed by atoms with van der Waals surface area (Å²) < 4.78 is 0. The molecule has 0 spiro atoms. The lowest BCUT2D eigenvalue weighted by Crippen LogP contribution is -2.36. The number of aryl methyl sites for hydroxylation is 1. The molecule has 1 aromatic rings. The van der Waals surface area contributed by atoms with Crippen LogP contribution in [0.25, 0.3) is 0 Å². The summed E-state index contributed by atoms with van der Waals surface area (Å²) in [7, 11) is 1.80. The Hall–Kier alpha value is -1.36. The van der Waals surface area contributed by atoms with Crippen LogP contribution in [0.4, 0.5) is 11.8 Å². The predicted molar refractivity (Wildman–Crippen MR) is 68.2 cm³/mol. The molecule has 2 rings (SSSR count). The molecule has 2 atom stereocenters. The van der Waals surface area contributed by atoms with E-state index in [2.05, 4.69) is 20.6 Å². The number of rotatable bonds is 3. The highest BCUT2D eigenvalue weighted by atomic mass is 16.3. The molecule has 94 valence electrons. The van der Waals surface area contributed by atoms with Crippen LogP contribution in [0.15, 0.2) is 6.20 Å². The van der Waals surface area contributed by atoms with Gasteiger partial charge in [0.05, 0.1) is 12.1 Å². The largest absolute Gasteiger partial charge is 0.391 e. The van der Waals surface area contributed by atoms with Crippen molar-refractivity contribution in [2.75, 3.05) is 17.7 Å². The Balaban J connectivity index is 2.11. The molecule has 1 fully saturated rings. The summed E-state index contributed by atoms with van der Waals surface area (Å²) in [5, 5.41) is 16.2. The molecule has 2 unspecified atom stereocenters. The third kappa shape index (κ3) is 2.85. The molecule has 0 aromatic carbocycles. The average Bonchev–Trinajstić information content (AvgIpc) is 2.35. The van der Waals surface area contributed by atoms with Gasteiger partial charge >= 0.3 is 0 Å². The van der Waals surface area contributed by atoms with E-state index in [1.807, 2.05) is 6.92 Å². The van der Waals surface area contributed by atoms with Gasteiger partial charge in [-0.2, -0.15) is 4.98 Å². The van der Waals surface area contributed by atoms with Gasteiger partial charge in [-0.1, -0.05) is 12.8 Å². The lowest BCUT2D eigenvalue weighted by atomic mass is 9.92. The van der Waals surface area contributed by atoms with Crippen molar-refractivity contribution in [3.8, 4) is 0 Å². The Kier molecular flexibility index (Phi) is 3.78. The number of hydrogen-bond acceptors (Lipinski definition) is 5. The van der Waals surface area contributed by atoms with E-state index in [-0.39, 0.29) is 12.1 Å². The first kappa shape index (κ1) is 12.1. The van der Waals surface area contributed by atoms with Gasteiger partial charge in [0.25, 0.3) is 0 Å². The minimum absolute atomic E-state index is 0.113. The zero-order valence-corrected chi connectivity index (χ0v) is 10.4. The van der Waals surface area contributed by atoms with E-state index >= 15 is 0 Å². The summed E-state index contributed by atoms with van der Waals surface area (Å²) in [5.74, 6) is 1.42. The molecule has 3 N–H and O–H groups in total. The van der Waals surface area contributed by atoms with Crippen molar-refractivity contribution < 1.29 is 5.11 Å². The fourth-order valence-electron chi connectivity index (χ4n) is 2.16. The second-order valence-corrected chi connectivity index (χ2v) is 4.58. The van der Waals surface area contributed by atoms with Crippen LogP contribution in [-0.2, 0) is 0 Å². The molecular weight excluding hydrogens is 216 g/mol. The van der Waals surface area contributed by atoms with Crippen LogP contribution in [0, 0.1) is 6.92 Å². The molecule has 0 saturated heterocycles. The third-order valence-corrected chi connectivity index (χ3v) is 3.25. The van der Waals surface area contributed by atoms with E-state index in [4.69, 9.17) is 0 Å². The monoisotopic (exact) mass is 236 g/mol. The highest BCUT2D eigenvalue weighted by Gasteiger charge is 2.23. The van der Waals surface area contributed by atoms with Crippen LogP contribution in [-0.4, -0.2) is 34.3 Å². The Morgan fingerprint density at radius 2 is 2.12 bits per heavy atom. The molecule has 0 aliphatic heterocycles. The summed E-state index contributed by atoms with van der Waals surface area (Å²) in [6.45, 7) is 1.97. The highest BCUT2D eigenvalue weighted by Crippen LogP contribution is 2.23. The average molecular weight is 236 g/mol. The van der Waals surface area contributed by atoms with Gasteiger partial charge in [0.2, 0.25) is 5.95 Å². The van der Waals surface area contributed by atoms with Crippen molar-refractivity contribution in [2.24, 2.45) is 0 Å². The molecule has 0 bridgehead atoms. The fourth-order valence-corrected chi connectivity index (χ4v) is 2.16. The van der Waals surface area contributed by atoms with Crippen LogP contribution in [0.2, 0.25) is 0 Å². The highest BCUT2D eigenvalue weighted by molar-refractivity contribution is 5.47. The Morgan fingerprint density at radius 1 is 1.35 bits per heavy atom. The van der Waals surface area contributed by atoms with Crippen LogP contribution in [0.1, 0.15) is 31.2 Å². The van der Waals surface area contributed by atoms with E-state index in [9.17, 15) is 5.11 Å². The lowest BCUT2D eigenvalue weighted by Gasteiger charge is -2.29. The number of nitrogens with zero attached hydrogens (tertiary/aromatic N) is 2. The molecule has 5 nitrogen and oxygen atoms in total. The second kappa shape index (κ2) is 5.31. The van der Waals surface area contributed by atoms with Crippen LogP contribution in [0.3, 0.4) is 0 Å². The van der Waals surface area contributed by atoms with E-state index in [0.717, 1.165) is 37.1 Å². The smallest absolute Gasteiger partial charge is 0.224 e. The van der Waals surface area contributed by atoms with Crippen molar-refractivity contribution in [3.63, 3.8) is 0 Å². The molecule has 1 aromatic heterocycles. The molecule has 1 aliphatic carbocycles. The maximum atomic E-state index is 9.93. The van der Waals surface area contributed by atoms with Crippen molar-refractivity contribution >= 4 is 11.8 Å². The molecule has 0 amide bonds. The van der Waals surface area contributed by atoms with Gasteiger partial charge < -0.3 is 15.7 Å². The van der Waals surface area contributed by atoms with Crippen LogP contribution >= 0.6 is 0 Å². The zero-order chi connectivity index (χ0) is 12.3. The first-order valence-electron chi connectivity index (χ1n) is 6.16. The molecule has 1 aliphatic rings. The summed E-state index contributed by atoms with van der Waals surface area (Å²) in [5.41, 5.74) is 1.00. The standard InChI is InChI=1S/C12H20N4O/c1-8-7-14-12(13-2)16-11(8)15-9-5-3-4-6-10(9)17/h7,9-10,17H,3-6H2,1-2H3,(H2,13,14,15,16). The molecule has 5 heteroatoms. The van der Waals surface area contributed by atoms with Gasteiger partial charge in [0.15, 0.2) is 0 Å². The number of aromatic nitrogens is 2. The quantitative estimate of drug-likeness (QED) is 0.742.